The molecule has 10 rings (SSSR count). The molecule has 0 saturated carbocycles. The lowest BCUT2D eigenvalue weighted by Gasteiger charge is -2.30. The lowest BCUT2D eigenvalue weighted by molar-refractivity contribution is 0.660. The molecule has 0 radical (unpaired) electrons. The highest BCUT2D eigenvalue weighted by atomic mass is 15.1. The molecular weight excluding hydrogens is 639 g/mol. The number of benzene rings is 8. The molecule has 2 aliphatic rings. The van der Waals surface area contributed by atoms with Crippen LogP contribution in [0.1, 0.15) is 49.9 Å². The van der Waals surface area contributed by atoms with Gasteiger partial charge in [0.1, 0.15) is 0 Å². The van der Waals surface area contributed by atoms with E-state index in [1.807, 2.05) is 0 Å². The first-order valence-corrected chi connectivity index (χ1v) is 18.8. The molecule has 8 aromatic rings. The Bertz CT molecular complexity index is 2710. The van der Waals surface area contributed by atoms with E-state index in [9.17, 15) is 0 Å². The van der Waals surface area contributed by atoms with Gasteiger partial charge in [0.15, 0.2) is 0 Å². The monoisotopic (exact) mass is 679 g/mol. The van der Waals surface area contributed by atoms with Gasteiger partial charge in [-0.2, -0.15) is 0 Å². The molecule has 0 atom stereocenters. The molecule has 0 saturated heterocycles. The van der Waals surface area contributed by atoms with Gasteiger partial charge in [0, 0.05) is 27.8 Å². The van der Waals surface area contributed by atoms with Gasteiger partial charge in [-0.1, -0.05) is 167 Å². The van der Waals surface area contributed by atoms with Crippen LogP contribution >= 0.6 is 0 Å². The average molecular weight is 680 g/mol. The minimum Gasteiger partial charge on any atom is -0.310 e. The molecule has 53 heavy (non-hydrogen) atoms. The van der Waals surface area contributed by atoms with Gasteiger partial charge in [-0.15, -0.1) is 0 Å². The quantitative estimate of drug-likeness (QED) is 0.175. The van der Waals surface area contributed by atoms with Crippen molar-refractivity contribution in [2.24, 2.45) is 0 Å². The van der Waals surface area contributed by atoms with E-state index in [1.54, 1.807) is 0 Å². The Balaban J connectivity index is 1.15. The van der Waals surface area contributed by atoms with Crippen LogP contribution in [0.3, 0.4) is 0 Å². The number of anilines is 3. The van der Waals surface area contributed by atoms with Gasteiger partial charge in [-0.05, 0) is 108 Å². The fraction of sp³-hybridized carbons (Fsp3) is 0.115. The molecule has 1 heteroatoms. The maximum Gasteiger partial charge on any atom is 0.0546 e. The predicted molar refractivity (Wildman–Crippen MR) is 225 cm³/mol. The Morgan fingerprint density at radius 2 is 0.925 bits per heavy atom. The zero-order valence-electron chi connectivity index (χ0n) is 30.7. The largest absolute Gasteiger partial charge is 0.310 e. The Hall–Kier alpha value is -6.18. The summed E-state index contributed by atoms with van der Waals surface area (Å²) in [4.78, 5) is 2.47. The molecule has 8 aromatic carbocycles. The highest BCUT2D eigenvalue weighted by molar-refractivity contribution is 6.05. The maximum atomic E-state index is 2.47. The van der Waals surface area contributed by atoms with Crippen molar-refractivity contribution in [3.05, 3.63) is 198 Å². The van der Waals surface area contributed by atoms with Crippen LogP contribution in [0.4, 0.5) is 17.1 Å². The summed E-state index contributed by atoms with van der Waals surface area (Å²) >= 11 is 0. The van der Waals surface area contributed by atoms with Crippen LogP contribution < -0.4 is 4.90 Å². The Kier molecular flexibility index (Phi) is 6.94. The molecule has 0 amide bonds. The van der Waals surface area contributed by atoms with Crippen LogP contribution in [0.2, 0.25) is 0 Å². The van der Waals surface area contributed by atoms with Crippen LogP contribution in [0.15, 0.2) is 176 Å². The summed E-state index contributed by atoms with van der Waals surface area (Å²) in [5.74, 6) is 0. The summed E-state index contributed by atoms with van der Waals surface area (Å²) in [5.41, 5.74) is 19.1. The second-order valence-corrected chi connectivity index (χ2v) is 15.8. The van der Waals surface area contributed by atoms with Crippen molar-refractivity contribution in [3.8, 4) is 44.5 Å². The minimum absolute atomic E-state index is 0.00305. The SMILES string of the molecule is CC1(C)c2ccccc2-c2cc(-c3ccc(N(c4ccc5c(c4)C(C)(C)c4ccccc4-5)c4ccc5ccccc5c4-c4ccccc4)cc3)ccc21. The van der Waals surface area contributed by atoms with Gasteiger partial charge in [-0.3, -0.25) is 0 Å². The van der Waals surface area contributed by atoms with Crippen LogP contribution in [-0.4, -0.2) is 0 Å². The standard InChI is InChI=1S/C52H41N/c1-51(2)46-21-13-11-19-42(46)44-32-37(24-30-47(44)51)34-22-26-38(27-23-34)53(39-28-29-43-41-18-10-12-20-45(41)52(3,4)48(43)33-39)49-31-25-35-14-8-9-17-40(35)50(49)36-15-6-5-7-16-36/h5-33H,1-4H3. The minimum atomic E-state index is -0.107. The van der Waals surface area contributed by atoms with Crippen molar-refractivity contribution in [1.82, 2.24) is 0 Å². The molecule has 0 unspecified atom stereocenters. The average Bonchev–Trinajstić information content (AvgIpc) is 3.57. The summed E-state index contributed by atoms with van der Waals surface area (Å²) in [5, 5.41) is 2.48. The molecule has 0 aromatic heterocycles. The molecule has 0 fully saturated rings. The van der Waals surface area contributed by atoms with Gasteiger partial charge in [0.2, 0.25) is 0 Å². The molecule has 2 aliphatic carbocycles. The van der Waals surface area contributed by atoms with Crippen molar-refractivity contribution in [1.29, 1.82) is 0 Å². The molecule has 0 bridgehead atoms. The number of hydrogen-bond donors (Lipinski definition) is 0. The number of fused-ring (bicyclic) bond motifs is 7. The second-order valence-electron chi connectivity index (χ2n) is 15.8. The molecule has 0 N–H and O–H groups in total. The van der Waals surface area contributed by atoms with E-state index in [1.165, 1.54) is 77.5 Å². The summed E-state index contributed by atoms with van der Waals surface area (Å²) in [6, 6.07) is 65.3. The topological polar surface area (TPSA) is 3.24 Å². The number of hydrogen-bond acceptors (Lipinski definition) is 1. The molecule has 1 nitrogen and oxygen atoms in total. The third kappa shape index (κ3) is 4.77. The van der Waals surface area contributed by atoms with Crippen LogP contribution in [0, 0.1) is 0 Å². The van der Waals surface area contributed by atoms with Crippen molar-refractivity contribution in [2.75, 3.05) is 4.90 Å². The smallest absolute Gasteiger partial charge is 0.0546 e. The lowest BCUT2D eigenvalue weighted by atomic mass is 9.82. The van der Waals surface area contributed by atoms with Crippen molar-refractivity contribution >= 4 is 27.8 Å². The first-order chi connectivity index (χ1) is 25.8. The van der Waals surface area contributed by atoms with E-state index in [0.717, 1.165) is 17.1 Å². The van der Waals surface area contributed by atoms with Gasteiger partial charge in [0.05, 0.1) is 5.69 Å². The van der Waals surface area contributed by atoms with E-state index in [2.05, 4.69) is 209 Å². The maximum absolute atomic E-state index is 2.47. The van der Waals surface area contributed by atoms with Gasteiger partial charge < -0.3 is 4.90 Å². The summed E-state index contributed by atoms with van der Waals surface area (Å²) in [6.07, 6.45) is 0. The third-order valence-corrected chi connectivity index (χ3v) is 12.1. The molecule has 0 spiro atoms. The van der Waals surface area contributed by atoms with E-state index >= 15 is 0 Å². The van der Waals surface area contributed by atoms with Crippen LogP contribution in [0.25, 0.3) is 55.3 Å². The van der Waals surface area contributed by atoms with Crippen molar-refractivity contribution < 1.29 is 0 Å². The molecular formula is C52H41N. The zero-order valence-corrected chi connectivity index (χ0v) is 30.7. The fourth-order valence-electron chi connectivity index (χ4n) is 9.32. The Labute approximate surface area is 312 Å². The van der Waals surface area contributed by atoms with E-state index < -0.39 is 0 Å². The zero-order chi connectivity index (χ0) is 35.9. The van der Waals surface area contributed by atoms with Gasteiger partial charge in [-0.25, -0.2) is 0 Å². The Morgan fingerprint density at radius 3 is 1.68 bits per heavy atom. The van der Waals surface area contributed by atoms with E-state index in [4.69, 9.17) is 0 Å². The van der Waals surface area contributed by atoms with Crippen molar-refractivity contribution in [3.63, 3.8) is 0 Å². The highest BCUT2D eigenvalue weighted by Crippen LogP contribution is 2.53. The van der Waals surface area contributed by atoms with Gasteiger partial charge >= 0.3 is 0 Å². The van der Waals surface area contributed by atoms with Crippen LogP contribution in [-0.2, 0) is 10.8 Å². The number of nitrogens with zero attached hydrogens (tertiary/aromatic N) is 1. The highest BCUT2D eigenvalue weighted by Gasteiger charge is 2.37. The first kappa shape index (κ1) is 31.5. The normalized spacial score (nSPS) is 14.3. The second kappa shape index (κ2) is 11.7. The fourth-order valence-corrected chi connectivity index (χ4v) is 9.32. The van der Waals surface area contributed by atoms with Crippen molar-refractivity contribution in [2.45, 2.75) is 38.5 Å². The lowest BCUT2D eigenvalue weighted by Crippen LogP contribution is -2.17. The summed E-state index contributed by atoms with van der Waals surface area (Å²) < 4.78 is 0. The van der Waals surface area contributed by atoms with E-state index in [-0.39, 0.29) is 10.8 Å². The van der Waals surface area contributed by atoms with Gasteiger partial charge in [0.25, 0.3) is 0 Å². The first-order valence-electron chi connectivity index (χ1n) is 18.8. The predicted octanol–water partition coefficient (Wildman–Crippen LogP) is 14.3. The molecule has 0 heterocycles. The third-order valence-electron chi connectivity index (χ3n) is 12.1. The number of rotatable bonds is 5. The van der Waals surface area contributed by atoms with E-state index in [0.29, 0.717) is 0 Å². The summed E-state index contributed by atoms with van der Waals surface area (Å²) in [7, 11) is 0. The molecule has 0 aliphatic heterocycles. The summed E-state index contributed by atoms with van der Waals surface area (Å²) in [6.45, 7) is 9.41. The van der Waals surface area contributed by atoms with Crippen LogP contribution in [0.5, 0.6) is 0 Å². The Morgan fingerprint density at radius 1 is 0.358 bits per heavy atom. The molecule has 254 valence electrons.